The highest BCUT2D eigenvalue weighted by atomic mass is 79.9. The predicted molar refractivity (Wildman–Crippen MR) is 150 cm³/mol. The molecule has 10 nitrogen and oxygen atoms in total. The predicted octanol–water partition coefficient (Wildman–Crippen LogP) is 4.32. The summed E-state index contributed by atoms with van der Waals surface area (Å²) in [5.74, 6) is -0.449. The molecule has 1 aromatic heterocycles. The fourth-order valence-corrected chi connectivity index (χ4v) is 4.64. The molecule has 12 heteroatoms. The van der Waals surface area contributed by atoms with Crippen LogP contribution in [0.2, 0.25) is 5.02 Å². The molecule has 0 bridgehead atoms. The van der Waals surface area contributed by atoms with Gasteiger partial charge >= 0.3 is 6.03 Å². The number of benzene rings is 3. The van der Waals surface area contributed by atoms with Gasteiger partial charge in [0.25, 0.3) is 5.91 Å². The van der Waals surface area contributed by atoms with Crippen LogP contribution in [0.1, 0.15) is 27.7 Å². The molecule has 0 saturated carbocycles. The summed E-state index contributed by atoms with van der Waals surface area (Å²) >= 11 is 9.47. The fraction of sp³-hybridized carbons (Fsp3) is 0.148. The molecule has 1 unspecified atom stereocenters. The van der Waals surface area contributed by atoms with Gasteiger partial charge in [0.05, 0.1) is 29.1 Å². The first-order valence-corrected chi connectivity index (χ1v) is 13.2. The molecule has 3 N–H and O–H groups in total. The Kier molecular flexibility index (Phi) is 7.89. The van der Waals surface area contributed by atoms with Crippen molar-refractivity contribution in [3.63, 3.8) is 0 Å². The van der Waals surface area contributed by atoms with Crippen molar-refractivity contribution in [3.8, 4) is 5.69 Å². The van der Waals surface area contributed by atoms with E-state index in [-0.39, 0.29) is 18.4 Å². The average Bonchev–Trinajstić information content (AvgIpc) is 3.43. The summed E-state index contributed by atoms with van der Waals surface area (Å²) in [6, 6.07) is 20.1. The minimum absolute atomic E-state index is 0.154. The summed E-state index contributed by atoms with van der Waals surface area (Å²) < 4.78 is 2.44. The maximum atomic E-state index is 13.4. The van der Waals surface area contributed by atoms with Crippen LogP contribution in [0.5, 0.6) is 0 Å². The summed E-state index contributed by atoms with van der Waals surface area (Å²) in [6.45, 7) is 0.944. The summed E-state index contributed by atoms with van der Waals surface area (Å²) in [5, 5.41) is 16.9. The van der Waals surface area contributed by atoms with E-state index in [1.54, 1.807) is 64.3 Å². The van der Waals surface area contributed by atoms with Crippen LogP contribution < -0.4 is 16.0 Å². The van der Waals surface area contributed by atoms with Crippen LogP contribution in [0.15, 0.2) is 83.5 Å². The van der Waals surface area contributed by atoms with Crippen molar-refractivity contribution >= 4 is 51.1 Å². The Balaban J connectivity index is 1.23. The van der Waals surface area contributed by atoms with E-state index < -0.39 is 12.1 Å². The number of urea groups is 1. The molecule has 5 rings (SSSR count). The number of halogens is 2. The third kappa shape index (κ3) is 6.10. The second-order valence-corrected chi connectivity index (χ2v) is 10.1. The lowest BCUT2D eigenvalue weighted by Crippen LogP contribution is -2.52. The lowest BCUT2D eigenvalue weighted by Gasteiger charge is -2.35. The van der Waals surface area contributed by atoms with E-state index in [0.29, 0.717) is 40.7 Å². The standard InChI is InChI=1S/C27H23BrClN7O3/c28-19-9-5-17(6-10-19)24-25(37)30-13-14-35(24)26(38)18-7-11-21(12-8-18)36-16-20(33-34-36)15-31-27(39)32-23-4-2-1-3-22(23)29/h1-12,16,24H,13-15H2,(H,30,37)(H2,31,32,39). The van der Waals surface area contributed by atoms with Gasteiger partial charge in [0, 0.05) is 23.1 Å². The molecule has 0 spiro atoms. The molecule has 0 aliphatic carbocycles. The monoisotopic (exact) mass is 607 g/mol. The molecule has 2 heterocycles. The number of anilines is 1. The van der Waals surface area contributed by atoms with Crippen molar-refractivity contribution in [3.05, 3.63) is 105 Å². The Bertz CT molecular complexity index is 1510. The van der Waals surface area contributed by atoms with Gasteiger partial charge in [-0.05, 0) is 54.1 Å². The highest BCUT2D eigenvalue weighted by molar-refractivity contribution is 9.10. The lowest BCUT2D eigenvalue weighted by molar-refractivity contribution is -0.128. The van der Waals surface area contributed by atoms with Gasteiger partial charge in [-0.1, -0.05) is 57.0 Å². The van der Waals surface area contributed by atoms with E-state index in [0.717, 1.165) is 10.0 Å². The van der Waals surface area contributed by atoms with E-state index in [1.807, 2.05) is 24.3 Å². The van der Waals surface area contributed by atoms with Gasteiger partial charge in [0.1, 0.15) is 11.7 Å². The van der Waals surface area contributed by atoms with E-state index >= 15 is 0 Å². The number of nitrogens with zero attached hydrogens (tertiary/aromatic N) is 4. The first-order valence-electron chi connectivity index (χ1n) is 12.0. The molecule has 1 aliphatic heterocycles. The summed E-state index contributed by atoms with van der Waals surface area (Å²) in [6.07, 6.45) is 1.69. The zero-order valence-corrected chi connectivity index (χ0v) is 22.8. The van der Waals surface area contributed by atoms with Gasteiger partial charge in [-0.15, -0.1) is 5.10 Å². The van der Waals surface area contributed by atoms with E-state index in [1.165, 1.54) is 0 Å². The summed E-state index contributed by atoms with van der Waals surface area (Å²) in [7, 11) is 0. The fourth-order valence-electron chi connectivity index (χ4n) is 4.19. The third-order valence-electron chi connectivity index (χ3n) is 6.13. The Morgan fingerprint density at radius 1 is 1.05 bits per heavy atom. The number of carbonyl (C=O) groups is 3. The summed E-state index contributed by atoms with van der Waals surface area (Å²) in [4.78, 5) is 39.9. The van der Waals surface area contributed by atoms with E-state index in [2.05, 4.69) is 42.2 Å². The number of aromatic nitrogens is 3. The SMILES string of the molecule is O=C(NCc1cn(-c2ccc(C(=O)N3CCNC(=O)C3c3ccc(Br)cc3)cc2)nn1)Nc1ccccc1Cl. The molecule has 198 valence electrons. The van der Waals surface area contributed by atoms with Gasteiger partial charge < -0.3 is 20.9 Å². The first kappa shape index (κ1) is 26.4. The Labute approximate surface area is 237 Å². The molecule has 4 aromatic rings. The van der Waals surface area contributed by atoms with Crippen molar-refractivity contribution < 1.29 is 14.4 Å². The van der Waals surface area contributed by atoms with Crippen molar-refractivity contribution in [2.24, 2.45) is 0 Å². The van der Waals surface area contributed by atoms with Gasteiger partial charge in [0.15, 0.2) is 0 Å². The number of amides is 4. The van der Waals surface area contributed by atoms with Gasteiger partial charge in [-0.2, -0.15) is 0 Å². The topological polar surface area (TPSA) is 121 Å². The number of hydrogen-bond donors (Lipinski definition) is 3. The van der Waals surface area contributed by atoms with Crippen LogP contribution in [0, 0.1) is 0 Å². The molecule has 1 fully saturated rings. The maximum absolute atomic E-state index is 13.4. The Morgan fingerprint density at radius 3 is 2.54 bits per heavy atom. The molecule has 3 aromatic carbocycles. The molecule has 1 aliphatic rings. The zero-order valence-electron chi connectivity index (χ0n) is 20.5. The zero-order chi connectivity index (χ0) is 27.4. The second-order valence-electron chi connectivity index (χ2n) is 8.73. The Morgan fingerprint density at radius 2 is 1.79 bits per heavy atom. The third-order valence-corrected chi connectivity index (χ3v) is 6.99. The smallest absolute Gasteiger partial charge is 0.319 e. The van der Waals surface area contributed by atoms with Crippen molar-refractivity contribution in [2.45, 2.75) is 12.6 Å². The lowest BCUT2D eigenvalue weighted by atomic mass is 10.0. The van der Waals surface area contributed by atoms with Crippen LogP contribution in [0.3, 0.4) is 0 Å². The normalized spacial score (nSPS) is 15.0. The van der Waals surface area contributed by atoms with Crippen molar-refractivity contribution in [2.75, 3.05) is 18.4 Å². The molecule has 0 radical (unpaired) electrons. The Hall–Kier alpha value is -4.22. The molecular formula is C27H23BrClN7O3. The first-order chi connectivity index (χ1) is 18.9. The number of piperazine rings is 1. The summed E-state index contributed by atoms with van der Waals surface area (Å²) in [5.41, 5.74) is 2.93. The second kappa shape index (κ2) is 11.7. The molecule has 1 saturated heterocycles. The van der Waals surface area contributed by atoms with Crippen molar-refractivity contribution in [1.82, 2.24) is 30.5 Å². The number of nitrogens with one attached hydrogen (secondary N) is 3. The van der Waals surface area contributed by atoms with Crippen LogP contribution in [-0.2, 0) is 11.3 Å². The average molecular weight is 609 g/mol. The largest absolute Gasteiger partial charge is 0.352 e. The molecule has 39 heavy (non-hydrogen) atoms. The number of rotatable bonds is 6. The van der Waals surface area contributed by atoms with E-state index in [9.17, 15) is 14.4 Å². The van der Waals surface area contributed by atoms with Gasteiger partial charge in [-0.25, -0.2) is 9.48 Å². The van der Waals surface area contributed by atoms with Crippen LogP contribution in [0.25, 0.3) is 5.69 Å². The van der Waals surface area contributed by atoms with Gasteiger partial charge in [0.2, 0.25) is 5.91 Å². The minimum atomic E-state index is -0.709. The maximum Gasteiger partial charge on any atom is 0.319 e. The van der Waals surface area contributed by atoms with Crippen LogP contribution >= 0.6 is 27.5 Å². The molecular weight excluding hydrogens is 586 g/mol. The highest BCUT2D eigenvalue weighted by Gasteiger charge is 2.34. The van der Waals surface area contributed by atoms with E-state index in [4.69, 9.17) is 11.6 Å². The quantitative estimate of drug-likeness (QED) is 0.301. The number of carbonyl (C=O) groups excluding carboxylic acids is 3. The minimum Gasteiger partial charge on any atom is -0.352 e. The number of para-hydroxylation sites is 1. The number of hydrogen-bond acceptors (Lipinski definition) is 5. The van der Waals surface area contributed by atoms with Crippen LogP contribution in [0.4, 0.5) is 10.5 Å². The van der Waals surface area contributed by atoms with Crippen molar-refractivity contribution in [1.29, 1.82) is 0 Å². The molecule has 1 atom stereocenters. The highest BCUT2D eigenvalue weighted by Crippen LogP contribution is 2.27. The van der Waals surface area contributed by atoms with Gasteiger partial charge in [-0.3, -0.25) is 9.59 Å². The molecule has 4 amide bonds. The van der Waals surface area contributed by atoms with Crippen LogP contribution in [-0.4, -0.2) is 50.8 Å².